The summed E-state index contributed by atoms with van der Waals surface area (Å²) in [6.45, 7) is 1.78. The minimum Gasteiger partial charge on any atom is -0.343 e. The zero-order chi connectivity index (χ0) is 16.8. The van der Waals surface area contributed by atoms with E-state index in [9.17, 15) is 4.79 Å². The summed E-state index contributed by atoms with van der Waals surface area (Å²) in [5.41, 5.74) is 2.17. The molecule has 4 nitrogen and oxygen atoms in total. The Morgan fingerprint density at radius 3 is 2.68 bits per heavy atom. The van der Waals surface area contributed by atoms with Crippen molar-refractivity contribution in [3.05, 3.63) is 30.1 Å². The Morgan fingerprint density at radius 1 is 1.12 bits per heavy atom. The van der Waals surface area contributed by atoms with Crippen LogP contribution in [0.1, 0.15) is 56.7 Å². The first-order chi connectivity index (χ1) is 12.3. The molecule has 132 valence electrons. The topological polar surface area (TPSA) is 49.0 Å². The first kappa shape index (κ1) is 15.4. The Kier molecular flexibility index (Phi) is 3.79. The smallest absolute Gasteiger partial charge is 0.222 e. The second-order valence-corrected chi connectivity index (χ2v) is 8.43. The van der Waals surface area contributed by atoms with Gasteiger partial charge in [0.05, 0.1) is 11.0 Å². The standard InChI is InChI=1S/C21H27N3O/c25-20(13-17-12-14-5-6-16(17)11-14)24-9-7-15(8-10-24)21-22-18-3-1-2-4-19(18)23-21/h1-4,14-17H,5-13H2,(H,22,23). The molecule has 3 aliphatic rings. The SMILES string of the molecule is O=C(CC1CC2CCC1C2)N1CCC(c2nc3ccccc3[nH]2)CC1. The molecule has 3 atom stereocenters. The van der Waals surface area contributed by atoms with Crippen LogP contribution in [0.25, 0.3) is 11.0 Å². The molecule has 2 aromatic rings. The molecule has 1 N–H and O–H groups in total. The van der Waals surface area contributed by atoms with Gasteiger partial charge in [-0.3, -0.25) is 4.79 Å². The molecule has 0 radical (unpaired) electrons. The van der Waals surface area contributed by atoms with Crippen molar-refractivity contribution in [2.45, 2.75) is 50.9 Å². The minimum atomic E-state index is 0.403. The number of amides is 1. The van der Waals surface area contributed by atoms with E-state index in [1.165, 1.54) is 25.7 Å². The lowest BCUT2D eigenvalue weighted by atomic mass is 9.86. The fourth-order valence-electron chi connectivity index (χ4n) is 5.55. The Bertz CT molecular complexity index is 741. The van der Waals surface area contributed by atoms with Gasteiger partial charge in [0.2, 0.25) is 5.91 Å². The van der Waals surface area contributed by atoms with Crippen LogP contribution < -0.4 is 0 Å². The van der Waals surface area contributed by atoms with Gasteiger partial charge >= 0.3 is 0 Å². The van der Waals surface area contributed by atoms with Crippen molar-refractivity contribution < 1.29 is 4.79 Å². The maximum Gasteiger partial charge on any atom is 0.222 e. The highest BCUT2D eigenvalue weighted by Gasteiger charge is 2.40. The number of rotatable bonds is 3. The van der Waals surface area contributed by atoms with Crippen molar-refractivity contribution in [3.63, 3.8) is 0 Å². The summed E-state index contributed by atoms with van der Waals surface area (Å²) in [6.07, 6.45) is 8.36. The molecule has 2 heterocycles. The van der Waals surface area contributed by atoms with Gasteiger partial charge in [0.15, 0.2) is 0 Å². The van der Waals surface area contributed by atoms with Gasteiger partial charge in [-0.1, -0.05) is 18.6 Å². The highest BCUT2D eigenvalue weighted by Crippen LogP contribution is 2.49. The Balaban J connectivity index is 1.18. The number of fused-ring (bicyclic) bond motifs is 3. The van der Waals surface area contributed by atoms with Crippen molar-refractivity contribution in [2.24, 2.45) is 17.8 Å². The summed E-state index contributed by atoms with van der Waals surface area (Å²) in [5.74, 6) is 4.42. The third-order valence-corrected chi connectivity index (χ3v) is 6.96. The van der Waals surface area contributed by atoms with Crippen LogP contribution in [-0.4, -0.2) is 33.9 Å². The summed E-state index contributed by atoms with van der Waals surface area (Å²) in [7, 11) is 0. The average molecular weight is 337 g/mol. The van der Waals surface area contributed by atoms with Gasteiger partial charge in [0.1, 0.15) is 5.82 Å². The van der Waals surface area contributed by atoms with E-state index in [-0.39, 0.29) is 0 Å². The fraction of sp³-hybridized carbons (Fsp3) is 0.619. The van der Waals surface area contributed by atoms with Crippen LogP contribution in [0.4, 0.5) is 0 Å². The Labute approximate surface area is 149 Å². The van der Waals surface area contributed by atoms with Crippen LogP contribution in [0, 0.1) is 17.8 Å². The van der Waals surface area contributed by atoms with E-state index in [4.69, 9.17) is 4.98 Å². The molecule has 4 heteroatoms. The van der Waals surface area contributed by atoms with E-state index in [2.05, 4.69) is 22.0 Å². The molecule has 5 rings (SSSR count). The number of benzene rings is 1. The van der Waals surface area contributed by atoms with Gasteiger partial charge < -0.3 is 9.88 Å². The molecule has 2 bridgehead atoms. The van der Waals surface area contributed by atoms with Gasteiger partial charge in [-0.15, -0.1) is 0 Å². The number of carbonyl (C=O) groups is 1. The molecule has 1 saturated heterocycles. The molecule has 1 aliphatic heterocycles. The maximum absolute atomic E-state index is 12.7. The van der Waals surface area contributed by atoms with E-state index < -0.39 is 0 Å². The van der Waals surface area contributed by atoms with E-state index in [0.29, 0.717) is 17.7 Å². The summed E-state index contributed by atoms with van der Waals surface area (Å²) in [6, 6.07) is 8.22. The van der Waals surface area contributed by atoms with Gasteiger partial charge in [-0.05, 0) is 62.0 Å². The molecular formula is C21H27N3O. The first-order valence-corrected chi connectivity index (χ1v) is 9.98. The second-order valence-electron chi connectivity index (χ2n) is 8.43. The zero-order valence-corrected chi connectivity index (χ0v) is 14.8. The van der Waals surface area contributed by atoms with Crippen molar-refractivity contribution in [3.8, 4) is 0 Å². The third kappa shape index (κ3) is 2.86. The summed E-state index contributed by atoms with van der Waals surface area (Å²) >= 11 is 0. The number of aromatic amines is 1. The van der Waals surface area contributed by atoms with Crippen LogP contribution in [-0.2, 0) is 4.79 Å². The number of likely N-dealkylation sites (tertiary alicyclic amines) is 1. The maximum atomic E-state index is 12.7. The minimum absolute atomic E-state index is 0.403. The molecule has 3 fully saturated rings. The number of para-hydroxylation sites is 2. The lowest BCUT2D eigenvalue weighted by molar-refractivity contribution is -0.133. The van der Waals surface area contributed by atoms with Gasteiger partial charge in [0, 0.05) is 25.4 Å². The predicted octanol–water partition coefficient (Wildman–Crippen LogP) is 4.10. The normalized spacial score (nSPS) is 29.6. The predicted molar refractivity (Wildman–Crippen MR) is 98.2 cm³/mol. The van der Waals surface area contributed by atoms with Crippen LogP contribution >= 0.6 is 0 Å². The Morgan fingerprint density at radius 2 is 1.96 bits per heavy atom. The molecule has 2 saturated carbocycles. The first-order valence-electron chi connectivity index (χ1n) is 9.98. The third-order valence-electron chi connectivity index (χ3n) is 6.96. The van der Waals surface area contributed by atoms with Crippen LogP contribution in [0.15, 0.2) is 24.3 Å². The number of nitrogens with zero attached hydrogens (tertiary/aromatic N) is 2. The van der Waals surface area contributed by atoms with E-state index in [1.54, 1.807) is 0 Å². The largest absolute Gasteiger partial charge is 0.343 e. The van der Waals surface area contributed by atoms with Gasteiger partial charge in [-0.2, -0.15) is 0 Å². The molecule has 0 spiro atoms. The summed E-state index contributed by atoms with van der Waals surface area (Å²) in [4.78, 5) is 23.1. The van der Waals surface area contributed by atoms with Crippen molar-refractivity contribution in [2.75, 3.05) is 13.1 Å². The van der Waals surface area contributed by atoms with E-state index >= 15 is 0 Å². The molecule has 1 amide bonds. The molecule has 3 unspecified atom stereocenters. The molecule has 1 aromatic heterocycles. The molecule has 2 aliphatic carbocycles. The van der Waals surface area contributed by atoms with Crippen molar-refractivity contribution >= 4 is 16.9 Å². The number of imidazole rings is 1. The molecule has 1 aromatic carbocycles. The number of nitrogens with one attached hydrogen (secondary N) is 1. The lowest BCUT2D eigenvalue weighted by Gasteiger charge is -2.33. The van der Waals surface area contributed by atoms with Gasteiger partial charge in [0.25, 0.3) is 0 Å². The summed E-state index contributed by atoms with van der Waals surface area (Å²) in [5, 5.41) is 0. The van der Waals surface area contributed by atoms with Crippen LogP contribution in [0.2, 0.25) is 0 Å². The van der Waals surface area contributed by atoms with E-state index in [0.717, 1.165) is 61.0 Å². The van der Waals surface area contributed by atoms with Gasteiger partial charge in [-0.25, -0.2) is 4.98 Å². The highest BCUT2D eigenvalue weighted by atomic mass is 16.2. The van der Waals surface area contributed by atoms with Crippen LogP contribution in [0.3, 0.4) is 0 Å². The number of carbonyl (C=O) groups excluding carboxylic acids is 1. The quantitative estimate of drug-likeness (QED) is 0.917. The van der Waals surface area contributed by atoms with Crippen molar-refractivity contribution in [1.29, 1.82) is 0 Å². The molecular weight excluding hydrogens is 310 g/mol. The number of H-pyrrole nitrogens is 1. The number of aromatic nitrogens is 2. The number of piperidine rings is 1. The van der Waals surface area contributed by atoms with E-state index in [1.807, 2.05) is 12.1 Å². The zero-order valence-electron chi connectivity index (χ0n) is 14.8. The highest BCUT2D eigenvalue weighted by molar-refractivity contribution is 5.77. The molecule has 25 heavy (non-hydrogen) atoms. The number of hydrogen-bond acceptors (Lipinski definition) is 2. The second kappa shape index (κ2) is 6.15. The monoisotopic (exact) mass is 337 g/mol. The number of hydrogen-bond donors (Lipinski definition) is 1. The average Bonchev–Trinajstić information content (AvgIpc) is 3.36. The van der Waals surface area contributed by atoms with Crippen LogP contribution in [0.5, 0.6) is 0 Å². The summed E-state index contributed by atoms with van der Waals surface area (Å²) < 4.78 is 0. The fourth-order valence-corrected chi connectivity index (χ4v) is 5.55. The lowest BCUT2D eigenvalue weighted by Crippen LogP contribution is -2.39. The Hall–Kier alpha value is -1.84. The van der Waals surface area contributed by atoms with Crippen molar-refractivity contribution in [1.82, 2.24) is 14.9 Å².